The van der Waals surface area contributed by atoms with E-state index in [-0.39, 0.29) is 19.0 Å². The minimum Gasteiger partial charge on any atom is -0.469 e. The average molecular weight is 293 g/mol. The number of carbonyl (C=O) groups excluding carboxylic acids is 1. The van der Waals surface area contributed by atoms with Gasteiger partial charge in [-0.25, -0.2) is 4.72 Å². The van der Waals surface area contributed by atoms with Crippen molar-refractivity contribution in [2.45, 2.75) is 25.3 Å². The number of rotatable bonds is 7. The van der Waals surface area contributed by atoms with E-state index in [0.717, 1.165) is 23.7 Å². The third-order valence-electron chi connectivity index (χ3n) is 3.44. The number of esters is 1. The number of likely N-dealkylation sites (N-methyl/N-ethyl adjacent to an activating group) is 1. The minimum absolute atomic E-state index is 0.0528. The minimum atomic E-state index is -3.53. The van der Waals surface area contributed by atoms with E-state index in [0.29, 0.717) is 6.54 Å². The molecule has 0 bridgehead atoms. The van der Waals surface area contributed by atoms with Crippen molar-refractivity contribution in [3.05, 3.63) is 0 Å². The first kappa shape index (κ1) is 16.4. The quantitative estimate of drug-likeness (QED) is 0.635. The molecule has 8 heteroatoms. The second-order valence-electron chi connectivity index (χ2n) is 4.78. The molecule has 1 heterocycles. The average Bonchev–Trinajstić information content (AvgIpc) is 2.78. The van der Waals surface area contributed by atoms with Crippen molar-refractivity contribution in [3.8, 4) is 0 Å². The molecule has 1 aliphatic rings. The van der Waals surface area contributed by atoms with Crippen LogP contribution in [0.2, 0.25) is 0 Å². The second-order valence-corrected chi connectivity index (χ2v) is 6.64. The van der Waals surface area contributed by atoms with E-state index in [1.807, 2.05) is 7.05 Å². The van der Waals surface area contributed by atoms with Crippen LogP contribution in [0.3, 0.4) is 0 Å². The normalized spacial score (nSPS) is 20.9. The van der Waals surface area contributed by atoms with Crippen molar-refractivity contribution < 1.29 is 17.9 Å². The molecule has 1 saturated heterocycles. The van der Waals surface area contributed by atoms with E-state index < -0.39 is 16.2 Å². The molecule has 0 aromatic heterocycles. The SMILES string of the molecule is COC(=O)CCN(C)S(=O)(=O)NCC1CCCN1C. The van der Waals surface area contributed by atoms with Crippen LogP contribution in [0.25, 0.3) is 0 Å². The van der Waals surface area contributed by atoms with Crippen molar-refractivity contribution >= 4 is 16.2 Å². The predicted molar refractivity (Wildman–Crippen MR) is 71.8 cm³/mol. The third-order valence-corrected chi connectivity index (χ3v) is 4.98. The summed E-state index contributed by atoms with van der Waals surface area (Å²) in [6.45, 7) is 1.52. The maximum Gasteiger partial charge on any atom is 0.306 e. The fraction of sp³-hybridized carbons (Fsp3) is 0.909. The van der Waals surface area contributed by atoms with Crippen molar-refractivity contribution in [1.29, 1.82) is 0 Å². The molecule has 0 saturated carbocycles. The van der Waals surface area contributed by atoms with E-state index in [2.05, 4.69) is 14.4 Å². The van der Waals surface area contributed by atoms with Crippen LogP contribution in [0.5, 0.6) is 0 Å². The molecule has 1 unspecified atom stereocenters. The molecule has 0 spiro atoms. The van der Waals surface area contributed by atoms with Gasteiger partial charge in [0.05, 0.1) is 13.5 Å². The van der Waals surface area contributed by atoms with Gasteiger partial charge < -0.3 is 9.64 Å². The van der Waals surface area contributed by atoms with Gasteiger partial charge >= 0.3 is 5.97 Å². The molecule has 112 valence electrons. The predicted octanol–water partition coefficient (Wildman–Crippen LogP) is -0.590. The molecule has 0 aliphatic carbocycles. The largest absolute Gasteiger partial charge is 0.469 e. The molecule has 1 N–H and O–H groups in total. The Hall–Kier alpha value is -0.700. The van der Waals surface area contributed by atoms with Crippen molar-refractivity contribution in [2.24, 2.45) is 0 Å². The van der Waals surface area contributed by atoms with Crippen LogP contribution in [-0.4, -0.2) is 70.5 Å². The first-order valence-electron chi connectivity index (χ1n) is 6.35. The van der Waals surface area contributed by atoms with Crippen LogP contribution in [-0.2, 0) is 19.7 Å². The van der Waals surface area contributed by atoms with Gasteiger partial charge in [0.15, 0.2) is 0 Å². The maximum atomic E-state index is 11.9. The monoisotopic (exact) mass is 293 g/mol. The Morgan fingerprint density at radius 1 is 1.53 bits per heavy atom. The summed E-state index contributed by atoms with van der Waals surface area (Å²) in [5, 5.41) is 0. The molecular formula is C11H23N3O4S. The van der Waals surface area contributed by atoms with E-state index in [9.17, 15) is 13.2 Å². The summed E-state index contributed by atoms with van der Waals surface area (Å²) in [6, 6.07) is 0.254. The van der Waals surface area contributed by atoms with Gasteiger partial charge in [-0.2, -0.15) is 12.7 Å². The highest BCUT2D eigenvalue weighted by Crippen LogP contribution is 2.13. The fourth-order valence-electron chi connectivity index (χ4n) is 2.02. The lowest BCUT2D eigenvalue weighted by Crippen LogP contribution is -2.44. The van der Waals surface area contributed by atoms with Crippen molar-refractivity contribution in [2.75, 3.05) is 40.8 Å². The molecule has 7 nitrogen and oxygen atoms in total. The van der Waals surface area contributed by atoms with Crippen LogP contribution in [0, 0.1) is 0 Å². The van der Waals surface area contributed by atoms with E-state index in [1.165, 1.54) is 14.2 Å². The number of hydrogen-bond donors (Lipinski definition) is 1. The molecule has 0 aromatic rings. The smallest absolute Gasteiger partial charge is 0.306 e. The van der Waals surface area contributed by atoms with Crippen molar-refractivity contribution in [1.82, 2.24) is 13.9 Å². The molecule has 1 atom stereocenters. The first-order valence-corrected chi connectivity index (χ1v) is 7.79. The van der Waals surface area contributed by atoms with Crippen LogP contribution in [0.4, 0.5) is 0 Å². The summed E-state index contributed by atoms with van der Waals surface area (Å²) < 4.78 is 32.1. The van der Waals surface area contributed by atoms with Crippen LogP contribution in [0.15, 0.2) is 0 Å². The van der Waals surface area contributed by atoms with E-state index in [4.69, 9.17) is 0 Å². The van der Waals surface area contributed by atoms with Crippen molar-refractivity contribution in [3.63, 3.8) is 0 Å². The second kappa shape index (κ2) is 7.18. The molecule has 0 radical (unpaired) electrons. The Kier molecular flexibility index (Phi) is 6.18. The highest BCUT2D eigenvalue weighted by molar-refractivity contribution is 7.87. The molecule has 1 aliphatic heterocycles. The molecule has 1 fully saturated rings. The number of ether oxygens (including phenoxy) is 1. The van der Waals surface area contributed by atoms with Crippen LogP contribution in [0.1, 0.15) is 19.3 Å². The number of methoxy groups -OCH3 is 1. The maximum absolute atomic E-state index is 11.9. The summed E-state index contributed by atoms with van der Waals surface area (Å²) >= 11 is 0. The van der Waals surface area contributed by atoms with Gasteiger partial charge in [0, 0.05) is 26.2 Å². The number of hydrogen-bond acceptors (Lipinski definition) is 5. The summed E-state index contributed by atoms with van der Waals surface area (Å²) in [5.74, 6) is -0.419. The van der Waals surface area contributed by atoms with E-state index in [1.54, 1.807) is 0 Å². The van der Waals surface area contributed by atoms with Gasteiger partial charge in [-0.3, -0.25) is 4.79 Å². The number of likely N-dealkylation sites (tertiary alicyclic amines) is 1. The molecule has 0 amide bonds. The third kappa shape index (κ3) is 5.06. The van der Waals surface area contributed by atoms with E-state index >= 15 is 0 Å². The topological polar surface area (TPSA) is 78.9 Å². The lowest BCUT2D eigenvalue weighted by Gasteiger charge is -2.22. The lowest BCUT2D eigenvalue weighted by atomic mass is 10.2. The molecule has 1 rings (SSSR count). The molecular weight excluding hydrogens is 270 g/mol. The standard InChI is InChI=1S/C11H23N3O4S/c1-13-7-4-5-10(13)9-12-19(16,17)14(2)8-6-11(15)18-3/h10,12H,4-9H2,1-3H3. The Balaban J connectivity index is 2.39. The summed E-state index contributed by atoms with van der Waals surface area (Å²) in [5.41, 5.74) is 0. The summed E-state index contributed by atoms with van der Waals surface area (Å²) in [7, 11) is 1.20. The zero-order chi connectivity index (χ0) is 14.5. The highest BCUT2D eigenvalue weighted by atomic mass is 32.2. The van der Waals surface area contributed by atoms with Gasteiger partial charge in [0.2, 0.25) is 0 Å². The van der Waals surface area contributed by atoms with Crippen LogP contribution >= 0.6 is 0 Å². The zero-order valence-electron chi connectivity index (χ0n) is 11.8. The first-order chi connectivity index (χ1) is 8.86. The Labute approximate surface area is 115 Å². The Bertz CT molecular complexity index is 399. The summed E-state index contributed by atoms with van der Waals surface area (Å²) in [4.78, 5) is 13.1. The Morgan fingerprint density at radius 3 is 2.74 bits per heavy atom. The number of nitrogens with zero attached hydrogens (tertiary/aromatic N) is 2. The fourth-order valence-corrected chi connectivity index (χ4v) is 2.97. The van der Waals surface area contributed by atoms with Gasteiger partial charge in [-0.15, -0.1) is 0 Å². The number of carbonyl (C=O) groups is 1. The van der Waals surface area contributed by atoms with Gasteiger partial charge in [0.1, 0.15) is 0 Å². The van der Waals surface area contributed by atoms with Gasteiger partial charge in [-0.05, 0) is 26.4 Å². The Morgan fingerprint density at radius 2 is 2.21 bits per heavy atom. The molecule has 19 heavy (non-hydrogen) atoms. The lowest BCUT2D eigenvalue weighted by molar-refractivity contribution is -0.140. The summed E-state index contributed by atoms with van der Waals surface area (Å²) in [6.07, 6.45) is 2.16. The van der Waals surface area contributed by atoms with Crippen LogP contribution < -0.4 is 4.72 Å². The zero-order valence-corrected chi connectivity index (χ0v) is 12.6. The van der Waals surface area contributed by atoms with Gasteiger partial charge in [-0.1, -0.05) is 0 Å². The molecule has 0 aromatic carbocycles. The van der Waals surface area contributed by atoms with Gasteiger partial charge in [0.25, 0.3) is 10.2 Å². The number of nitrogens with one attached hydrogen (secondary N) is 1. The highest BCUT2D eigenvalue weighted by Gasteiger charge is 2.24.